The number of hydrogen-bond donors (Lipinski definition) is 2. The van der Waals surface area contributed by atoms with Crippen LogP contribution in [0.2, 0.25) is 0 Å². The van der Waals surface area contributed by atoms with Crippen LogP contribution in [0.25, 0.3) is 0 Å². The summed E-state index contributed by atoms with van der Waals surface area (Å²) in [6.07, 6.45) is -0.743. The van der Waals surface area contributed by atoms with Gasteiger partial charge in [-0.3, -0.25) is 9.80 Å². The summed E-state index contributed by atoms with van der Waals surface area (Å²) < 4.78 is 14.1. The van der Waals surface area contributed by atoms with E-state index in [1.165, 1.54) is 11.6 Å². The van der Waals surface area contributed by atoms with E-state index in [2.05, 4.69) is 43.9 Å². The van der Waals surface area contributed by atoms with Crippen molar-refractivity contribution in [3.63, 3.8) is 0 Å². The minimum Gasteiger partial charge on any atom is -0.374 e. The molecule has 0 aliphatic carbocycles. The Morgan fingerprint density at radius 2 is 1.74 bits per heavy atom. The van der Waals surface area contributed by atoms with Crippen molar-refractivity contribution < 1.29 is 14.6 Å². The van der Waals surface area contributed by atoms with Gasteiger partial charge in [-0.2, -0.15) is 0 Å². The van der Waals surface area contributed by atoms with Crippen molar-refractivity contribution in [3.05, 3.63) is 70.0 Å². The van der Waals surface area contributed by atoms with E-state index in [0.29, 0.717) is 12.1 Å². The van der Waals surface area contributed by atoms with Crippen LogP contribution in [0.3, 0.4) is 0 Å². The second kappa shape index (κ2) is 6.99. The summed E-state index contributed by atoms with van der Waals surface area (Å²) in [7, 11) is 0. The molecule has 2 aromatic carbocycles. The molecule has 3 atom stereocenters. The van der Waals surface area contributed by atoms with Gasteiger partial charge in [0.15, 0.2) is 0 Å². The minimum atomic E-state index is -0.910. The van der Waals surface area contributed by atoms with E-state index in [4.69, 9.17) is 0 Å². The van der Waals surface area contributed by atoms with Gasteiger partial charge < -0.3 is 10.2 Å². The number of benzene rings is 2. The smallest absolute Gasteiger partial charge is 0.137 e. The monoisotopic (exact) mass is 370 g/mol. The number of aliphatic hydroxyl groups excluding tert-OH is 2. The SMILES string of the molecule is CC(C)N1Cc2ccc(CC(C)N3Cc4cccc(F)c4C3O)cc2C1O. The summed E-state index contributed by atoms with van der Waals surface area (Å²) >= 11 is 0. The first kappa shape index (κ1) is 18.6. The fourth-order valence-corrected chi connectivity index (χ4v) is 4.40. The zero-order chi connectivity index (χ0) is 19.3. The van der Waals surface area contributed by atoms with E-state index >= 15 is 0 Å². The third-order valence-electron chi connectivity index (χ3n) is 5.98. The standard InChI is InChI=1S/C22H27FN2O2/c1-13(2)24-11-16-8-7-15(10-18(16)21(24)26)9-14(3)25-12-17-5-4-6-19(23)20(17)22(25)27/h4-8,10,13-14,21-22,26-27H,9,11-12H2,1-3H3. The molecule has 0 spiro atoms. The van der Waals surface area contributed by atoms with Crippen LogP contribution in [0, 0.1) is 5.82 Å². The van der Waals surface area contributed by atoms with Gasteiger partial charge >= 0.3 is 0 Å². The van der Waals surface area contributed by atoms with Crippen molar-refractivity contribution in [2.24, 2.45) is 0 Å². The van der Waals surface area contributed by atoms with Crippen LogP contribution >= 0.6 is 0 Å². The predicted octanol–water partition coefficient (Wildman–Crippen LogP) is 3.48. The van der Waals surface area contributed by atoms with Gasteiger partial charge in [-0.15, -0.1) is 0 Å². The number of nitrogens with zero attached hydrogens (tertiary/aromatic N) is 2. The predicted molar refractivity (Wildman–Crippen MR) is 102 cm³/mol. The van der Waals surface area contributed by atoms with E-state index in [1.807, 2.05) is 11.0 Å². The van der Waals surface area contributed by atoms with Gasteiger partial charge in [0, 0.05) is 36.3 Å². The Kier molecular flexibility index (Phi) is 4.80. The zero-order valence-electron chi connectivity index (χ0n) is 16.1. The Balaban J connectivity index is 1.51. The van der Waals surface area contributed by atoms with E-state index < -0.39 is 12.5 Å². The lowest BCUT2D eigenvalue weighted by Crippen LogP contribution is -2.33. The molecule has 0 saturated carbocycles. The second-order valence-corrected chi connectivity index (χ2v) is 8.08. The molecule has 0 aromatic heterocycles. The maximum absolute atomic E-state index is 14.1. The van der Waals surface area contributed by atoms with Crippen molar-refractivity contribution in [1.82, 2.24) is 9.80 Å². The molecule has 0 fully saturated rings. The van der Waals surface area contributed by atoms with Crippen LogP contribution in [0.4, 0.5) is 4.39 Å². The van der Waals surface area contributed by atoms with Crippen LogP contribution in [-0.2, 0) is 19.5 Å². The molecular formula is C22H27FN2O2. The number of fused-ring (bicyclic) bond motifs is 2. The molecule has 0 amide bonds. The van der Waals surface area contributed by atoms with E-state index in [0.717, 1.165) is 29.7 Å². The van der Waals surface area contributed by atoms with E-state index in [1.54, 1.807) is 6.07 Å². The summed E-state index contributed by atoms with van der Waals surface area (Å²) in [5.74, 6) is -0.343. The van der Waals surface area contributed by atoms with Crippen LogP contribution < -0.4 is 0 Å². The zero-order valence-corrected chi connectivity index (χ0v) is 16.1. The Morgan fingerprint density at radius 3 is 2.44 bits per heavy atom. The lowest BCUT2D eigenvalue weighted by Gasteiger charge is -2.28. The Morgan fingerprint density at radius 1 is 1.00 bits per heavy atom. The Hall–Kier alpha value is -1.79. The highest BCUT2D eigenvalue weighted by Crippen LogP contribution is 2.37. The Labute approximate surface area is 159 Å². The molecule has 2 aromatic rings. The highest BCUT2D eigenvalue weighted by Gasteiger charge is 2.34. The molecule has 2 aliphatic heterocycles. The summed E-state index contributed by atoms with van der Waals surface area (Å²) in [6, 6.07) is 11.6. The molecule has 27 heavy (non-hydrogen) atoms. The molecule has 0 saturated heterocycles. The highest BCUT2D eigenvalue weighted by atomic mass is 19.1. The second-order valence-electron chi connectivity index (χ2n) is 8.08. The number of hydrogen-bond acceptors (Lipinski definition) is 4. The fourth-order valence-electron chi connectivity index (χ4n) is 4.40. The lowest BCUT2D eigenvalue weighted by molar-refractivity contribution is -0.0139. The summed E-state index contributed by atoms with van der Waals surface area (Å²) in [5.41, 5.74) is 4.52. The maximum Gasteiger partial charge on any atom is 0.137 e. The van der Waals surface area contributed by atoms with Gasteiger partial charge in [-0.05, 0) is 49.9 Å². The van der Waals surface area contributed by atoms with Crippen LogP contribution in [-0.4, -0.2) is 32.1 Å². The summed E-state index contributed by atoms with van der Waals surface area (Å²) in [5, 5.41) is 21.2. The van der Waals surface area contributed by atoms with Crippen LogP contribution in [0.5, 0.6) is 0 Å². The largest absolute Gasteiger partial charge is 0.374 e. The van der Waals surface area contributed by atoms with Crippen molar-refractivity contribution in [2.45, 2.75) is 64.8 Å². The average Bonchev–Trinajstić information content (AvgIpc) is 3.14. The molecule has 4 nitrogen and oxygen atoms in total. The van der Waals surface area contributed by atoms with Gasteiger partial charge in [0.1, 0.15) is 18.3 Å². The molecule has 2 N–H and O–H groups in total. The van der Waals surface area contributed by atoms with Gasteiger partial charge in [-0.1, -0.05) is 30.3 Å². The molecule has 5 heteroatoms. The molecule has 144 valence electrons. The quantitative estimate of drug-likeness (QED) is 0.865. The number of rotatable bonds is 4. The van der Waals surface area contributed by atoms with E-state index in [9.17, 15) is 14.6 Å². The lowest BCUT2D eigenvalue weighted by atomic mass is 10.0. The van der Waals surface area contributed by atoms with Crippen molar-refractivity contribution >= 4 is 0 Å². The van der Waals surface area contributed by atoms with Crippen LogP contribution in [0.1, 0.15) is 61.0 Å². The maximum atomic E-state index is 14.1. The average molecular weight is 370 g/mol. The van der Waals surface area contributed by atoms with Gasteiger partial charge in [0.2, 0.25) is 0 Å². The van der Waals surface area contributed by atoms with Crippen LogP contribution in [0.15, 0.2) is 36.4 Å². The molecule has 0 radical (unpaired) electrons. The molecular weight excluding hydrogens is 343 g/mol. The van der Waals surface area contributed by atoms with Crippen molar-refractivity contribution in [1.29, 1.82) is 0 Å². The number of aliphatic hydroxyl groups is 2. The normalized spacial score (nSPS) is 23.7. The third kappa shape index (κ3) is 3.19. The van der Waals surface area contributed by atoms with Gasteiger partial charge in [0.25, 0.3) is 0 Å². The van der Waals surface area contributed by atoms with Crippen molar-refractivity contribution in [3.8, 4) is 0 Å². The summed E-state index contributed by atoms with van der Waals surface area (Å²) in [6.45, 7) is 7.54. The first-order valence-electron chi connectivity index (χ1n) is 9.63. The summed E-state index contributed by atoms with van der Waals surface area (Å²) in [4.78, 5) is 4.00. The first-order valence-corrected chi connectivity index (χ1v) is 9.63. The Bertz CT molecular complexity index is 854. The van der Waals surface area contributed by atoms with Gasteiger partial charge in [-0.25, -0.2) is 4.39 Å². The molecule has 4 rings (SSSR count). The number of halogens is 1. The molecule has 3 unspecified atom stereocenters. The molecule has 0 bridgehead atoms. The van der Waals surface area contributed by atoms with Gasteiger partial charge in [0.05, 0.1) is 0 Å². The third-order valence-corrected chi connectivity index (χ3v) is 5.98. The van der Waals surface area contributed by atoms with E-state index in [-0.39, 0.29) is 17.9 Å². The minimum absolute atomic E-state index is 0.0459. The molecule has 2 heterocycles. The topological polar surface area (TPSA) is 46.9 Å². The fraction of sp³-hybridized carbons (Fsp3) is 0.455. The highest BCUT2D eigenvalue weighted by molar-refractivity contribution is 5.38. The van der Waals surface area contributed by atoms with Crippen molar-refractivity contribution in [2.75, 3.05) is 0 Å². The molecule has 2 aliphatic rings. The first-order chi connectivity index (χ1) is 12.9.